The average molecular weight is 366 g/mol. The molecule has 20 heavy (non-hydrogen) atoms. The van der Waals surface area contributed by atoms with Gasteiger partial charge in [-0.15, -0.1) is 0 Å². The van der Waals surface area contributed by atoms with Gasteiger partial charge in [-0.05, 0) is 34.7 Å². The number of rotatable bonds is 5. The smallest absolute Gasteiger partial charge is 0.245 e. The van der Waals surface area contributed by atoms with Gasteiger partial charge in [0.2, 0.25) is 10.0 Å². The van der Waals surface area contributed by atoms with Crippen molar-refractivity contribution in [1.82, 2.24) is 4.72 Å². The first-order valence-electron chi connectivity index (χ1n) is 6.87. The Kier molecular flexibility index (Phi) is 5.28. The van der Waals surface area contributed by atoms with Gasteiger partial charge in [-0.2, -0.15) is 0 Å². The number of halogens is 1. The molecule has 5 nitrogen and oxygen atoms in total. The normalized spacial score (nSPS) is 23.9. The molecule has 1 saturated carbocycles. The Morgan fingerprint density at radius 3 is 2.85 bits per heavy atom. The van der Waals surface area contributed by atoms with Gasteiger partial charge in [0.05, 0.1) is 0 Å². The predicted octanol–water partition coefficient (Wildman–Crippen LogP) is 2.78. The van der Waals surface area contributed by atoms with Gasteiger partial charge in [0.1, 0.15) is 17.3 Å². The van der Waals surface area contributed by atoms with Crippen LogP contribution in [0.1, 0.15) is 44.8 Å². The third-order valence-corrected chi connectivity index (χ3v) is 6.21. The molecular weight excluding hydrogens is 346 g/mol. The summed E-state index contributed by atoms with van der Waals surface area (Å²) < 4.78 is 32.7. The summed E-state index contributed by atoms with van der Waals surface area (Å²) in [6.07, 6.45) is 5.08. The fraction of sp³-hybridized carbons (Fsp3) is 0.692. The van der Waals surface area contributed by atoms with Crippen molar-refractivity contribution in [1.29, 1.82) is 0 Å². The Balaban J connectivity index is 2.12. The standard InChI is InChI=1S/C13H20BrNO4S/c1-2-9-4-3-5-10(6-9)15-20(17,18)12-7-11(8-16)19-13(12)14/h7,9-10,15-16H,2-6,8H2,1H3. The molecule has 1 aliphatic carbocycles. The van der Waals surface area contributed by atoms with Crippen LogP contribution < -0.4 is 4.72 Å². The van der Waals surface area contributed by atoms with Gasteiger partial charge in [-0.25, -0.2) is 13.1 Å². The zero-order chi connectivity index (χ0) is 14.8. The van der Waals surface area contributed by atoms with Crippen molar-refractivity contribution in [2.75, 3.05) is 0 Å². The molecule has 0 aromatic carbocycles. The zero-order valence-corrected chi connectivity index (χ0v) is 13.8. The van der Waals surface area contributed by atoms with E-state index in [0.717, 1.165) is 25.7 Å². The first kappa shape index (κ1) is 16.0. The van der Waals surface area contributed by atoms with Crippen molar-refractivity contribution in [3.63, 3.8) is 0 Å². The molecule has 1 heterocycles. The van der Waals surface area contributed by atoms with Crippen LogP contribution in [0.3, 0.4) is 0 Å². The van der Waals surface area contributed by atoms with E-state index in [9.17, 15) is 8.42 Å². The van der Waals surface area contributed by atoms with Gasteiger partial charge in [-0.3, -0.25) is 0 Å². The summed E-state index contributed by atoms with van der Waals surface area (Å²) in [5.74, 6) is 0.824. The maximum absolute atomic E-state index is 12.4. The highest BCUT2D eigenvalue weighted by Crippen LogP contribution is 2.30. The number of sulfonamides is 1. The van der Waals surface area contributed by atoms with Crippen LogP contribution in [0.5, 0.6) is 0 Å². The highest BCUT2D eigenvalue weighted by atomic mass is 79.9. The van der Waals surface area contributed by atoms with Crippen LogP contribution in [0.2, 0.25) is 0 Å². The largest absolute Gasteiger partial charge is 0.450 e. The molecule has 2 N–H and O–H groups in total. The Labute approximate surface area is 127 Å². The summed E-state index contributed by atoms with van der Waals surface area (Å²) >= 11 is 3.09. The lowest BCUT2D eigenvalue weighted by Crippen LogP contribution is -2.38. The van der Waals surface area contributed by atoms with Crippen LogP contribution in [-0.2, 0) is 16.6 Å². The van der Waals surface area contributed by atoms with E-state index in [1.54, 1.807) is 0 Å². The Bertz CT molecular complexity index is 555. The lowest BCUT2D eigenvalue weighted by atomic mass is 9.85. The minimum absolute atomic E-state index is 0.0157. The molecule has 1 aromatic heterocycles. The van der Waals surface area contributed by atoms with E-state index in [2.05, 4.69) is 27.6 Å². The van der Waals surface area contributed by atoms with E-state index in [-0.39, 0.29) is 28.0 Å². The molecule has 0 aliphatic heterocycles. The summed E-state index contributed by atoms with van der Waals surface area (Å²) in [7, 11) is -3.61. The lowest BCUT2D eigenvalue weighted by Gasteiger charge is -2.28. The Morgan fingerprint density at radius 1 is 1.50 bits per heavy atom. The SMILES string of the molecule is CCC1CCCC(NS(=O)(=O)c2cc(CO)oc2Br)C1. The first-order chi connectivity index (χ1) is 9.46. The molecule has 114 valence electrons. The summed E-state index contributed by atoms with van der Waals surface area (Å²) in [4.78, 5) is 0.0557. The van der Waals surface area contributed by atoms with Crippen LogP contribution in [0.4, 0.5) is 0 Å². The van der Waals surface area contributed by atoms with Crippen LogP contribution in [-0.4, -0.2) is 19.6 Å². The summed E-state index contributed by atoms with van der Waals surface area (Å²) in [5.41, 5.74) is 0. The Hall–Kier alpha value is -0.370. The van der Waals surface area contributed by atoms with Gasteiger partial charge in [0.25, 0.3) is 0 Å². The molecule has 0 saturated heterocycles. The molecule has 2 rings (SSSR count). The number of furan rings is 1. The van der Waals surface area contributed by atoms with E-state index < -0.39 is 10.0 Å². The van der Waals surface area contributed by atoms with Crippen molar-refractivity contribution in [3.05, 3.63) is 16.5 Å². The highest BCUT2D eigenvalue weighted by Gasteiger charge is 2.28. The third kappa shape index (κ3) is 3.63. The van der Waals surface area contributed by atoms with Crippen molar-refractivity contribution in [3.8, 4) is 0 Å². The molecule has 2 atom stereocenters. The topological polar surface area (TPSA) is 79.5 Å². The predicted molar refractivity (Wildman–Crippen MR) is 78.7 cm³/mol. The second-order valence-electron chi connectivity index (χ2n) is 5.27. The van der Waals surface area contributed by atoms with Crippen molar-refractivity contribution < 1.29 is 17.9 Å². The first-order valence-corrected chi connectivity index (χ1v) is 9.15. The molecule has 0 spiro atoms. The minimum atomic E-state index is -3.61. The van der Waals surface area contributed by atoms with E-state index in [1.807, 2.05) is 0 Å². The van der Waals surface area contributed by atoms with E-state index in [4.69, 9.17) is 9.52 Å². The maximum atomic E-state index is 12.4. The van der Waals surface area contributed by atoms with Gasteiger partial charge in [0.15, 0.2) is 4.67 Å². The van der Waals surface area contributed by atoms with Gasteiger partial charge < -0.3 is 9.52 Å². The maximum Gasteiger partial charge on any atom is 0.245 e. The fourth-order valence-corrected chi connectivity index (χ4v) is 4.99. The number of aliphatic hydroxyl groups excluding tert-OH is 1. The molecular formula is C13H20BrNO4S. The summed E-state index contributed by atoms with van der Waals surface area (Å²) in [6, 6.07) is 1.34. The average Bonchev–Trinajstić information content (AvgIpc) is 2.80. The van der Waals surface area contributed by atoms with Crippen LogP contribution in [0.15, 0.2) is 20.0 Å². The van der Waals surface area contributed by atoms with Crippen molar-refractivity contribution in [2.45, 2.75) is 56.6 Å². The molecule has 0 bridgehead atoms. The number of hydrogen-bond acceptors (Lipinski definition) is 4. The summed E-state index contributed by atoms with van der Waals surface area (Å²) in [6.45, 7) is 1.82. The number of aliphatic hydroxyl groups is 1. The van der Waals surface area contributed by atoms with Gasteiger partial charge in [-0.1, -0.05) is 26.2 Å². The summed E-state index contributed by atoms with van der Waals surface area (Å²) in [5, 5.41) is 9.00. The second kappa shape index (κ2) is 6.60. The molecule has 0 radical (unpaired) electrons. The van der Waals surface area contributed by atoms with E-state index in [1.165, 1.54) is 12.5 Å². The molecule has 0 amide bonds. The van der Waals surface area contributed by atoms with Gasteiger partial charge in [0, 0.05) is 12.1 Å². The number of nitrogens with one attached hydrogen (secondary N) is 1. The molecule has 1 aromatic rings. The third-order valence-electron chi connectivity index (χ3n) is 3.83. The molecule has 2 unspecified atom stereocenters. The minimum Gasteiger partial charge on any atom is -0.450 e. The monoisotopic (exact) mass is 365 g/mol. The van der Waals surface area contributed by atoms with Crippen molar-refractivity contribution in [2.24, 2.45) is 5.92 Å². The van der Waals surface area contributed by atoms with Crippen molar-refractivity contribution >= 4 is 26.0 Å². The lowest BCUT2D eigenvalue weighted by molar-refractivity contribution is 0.245. The van der Waals surface area contributed by atoms with Crippen LogP contribution in [0, 0.1) is 5.92 Å². The van der Waals surface area contributed by atoms with E-state index in [0.29, 0.717) is 5.92 Å². The highest BCUT2D eigenvalue weighted by molar-refractivity contribution is 9.10. The van der Waals surface area contributed by atoms with Crippen LogP contribution >= 0.6 is 15.9 Å². The quantitative estimate of drug-likeness (QED) is 0.840. The Morgan fingerprint density at radius 2 is 2.25 bits per heavy atom. The molecule has 1 fully saturated rings. The molecule has 7 heteroatoms. The molecule has 1 aliphatic rings. The van der Waals surface area contributed by atoms with Crippen LogP contribution in [0.25, 0.3) is 0 Å². The zero-order valence-electron chi connectivity index (χ0n) is 11.4. The van der Waals surface area contributed by atoms with Gasteiger partial charge >= 0.3 is 0 Å². The fourth-order valence-electron chi connectivity index (χ4n) is 2.71. The second-order valence-corrected chi connectivity index (χ2v) is 7.67. The van der Waals surface area contributed by atoms with E-state index >= 15 is 0 Å². The number of hydrogen-bond donors (Lipinski definition) is 2.